The van der Waals surface area contributed by atoms with Crippen molar-refractivity contribution in [2.75, 3.05) is 12.4 Å². The monoisotopic (exact) mass is 226 g/mol. The molecule has 0 saturated heterocycles. The van der Waals surface area contributed by atoms with Crippen molar-refractivity contribution in [2.45, 2.75) is 19.4 Å². The number of ether oxygens (including phenoxy) is 1. The lowest BCUT2D eigenvalue weighted by Crippen LogP contribution is -2.26. The number of anilines is 1. The van der Waals surface area contributed by atoms with Gasteiger partial charge in [-0.1, -0.05) is 5.92 Å². The molecule has 1 heterocycles. The van der Waals surface area contributed by atoms with E-state index in [-0.39, 0.29) is 11.7 Å². The van der Waals surface area contributed by atoms with Crippen LogP contribution in [-0.2, 0) is 0 Å². The van der Waals surface area contributed by atoms with Gasteiger partial charge in [0.15, 0.2) is 23.1 Å². The minimum atomic E-state index is -1.00. The summed E-state index contributed by atoms with van der Waals surface area (Å²) >= 11 is 0. The van der Waals surface area contributed by atoms with Crippen LogP contribution in [0, 0.1) is 24.0 Å². The lowest BCUT2D eigenvalue weighted by Gasteiger charge is -2.20. The van der Waals surface area contributed by atoms with Crippen LogP contribution in [0.15, 0.2) is 6.07 Å². The van der Waals surface area contributed by atoms with Crippen LogP contribution in [0.3, 0.4) is 0 Å². The van der Waals surface area contributed by atoms with Gasteiger partial charge in [-0.05, 0) is 13.8 Å². The van der Waals surface area contributed by atoms with E-state index < -0.39 is 17.2 Å². The second-order valence-electron chi connectivity index (χ2n) is 3.61. The van der Waals surface area contributed by atoms with E-state index in [1.165, 1.54) is 7.05 Å². The lowest BCUT2D eigenvalue weighted by molar-refractivity contribution is 0.156. The summed E-state index contributed by atoms with van der Waals surface area (Å²) in [6.07, 6.45) is 5.19. The van der Waals surface area contributed by atoms with Crippen molar-refractivity contribution in [3.05, 3.63) is 17.7 Å². The van der Waals surface area contributed by atoms with Crippen molar-refractivity contribution >= 4 is 5.82 Å². The SMILES string of the molecule is C#CC(C)(C)Oc1nc(NC)c(F)cc1F. The predicted molar refractivity (Wildman–Crippen MR) is 57.2 cm³/mol. The van der Waals surface area contributed by atoms with E-state index in [1.807, 2.05) is 0 Å². The van der Waals surface area contributed by atoms with Gasteiger partial charge >= 0.3 is 0 Å². The Kier molecular flexibility index (Phi) is 3.33. The van der Waals surface area contributed by atoms with Crippen LogP contribution in [0.25, 0.3) is 0 Å². The summed E-state index contributed by atoms with van der Waals surface area (Å²) in [5.74, 6) is 0.232. The maximum Gasteiger partial charge on any atom is 0.254 e. The van der Waals surface area contributed by atoms with Gasteiger partial charge in [0.1, 0.15) is 0 Å². The first-order valence-corrected chi connectivity index (χ1v) is 4.60. The Hall–Kier alpha value is -1.83. The summed E-state index contributed by atoms with van der Waals surface area (Å²) in [7, 11) is 1.47. The van der Waals surface area contributed by atoms with Gasteiger partial charge in [0, 0.05) is 13.1 Å². The van der Waals surface area contributed by atoms with Crippen LogP contribution in [0.2, 0.25) is 0 Å². The number of hydrogen-bond donors (Lipinski definition) is 1. The molecule has 86 valence electrons. The molecule has 1 aromatic heterocycles. The van der Waals surface area contributed by atoms with Crippen LogP contribution in [-0.4, -0.2) is 17.6 Å². The van der Waals surface area contributed by atoms with E-state index in [0.717, 1.165) is 0 Å². The molecule has 0 atom stereocenters. The van der Waals surface area contributed by atoms with Crippen molar-refractivity contribution in [1.29, 1.82) is 0 Å². The largest absolute Gasteiger partial charge is 0.456 e. The standard InChI is InChI=1S/C11H12F2N2O/c1-5-11(2,3)16-10-8(13)6-7(12)9(14-4)15-10/h1,6H,2-4H3,(H,14,15). The average molecular weight is 226 g/mol. The Bertz CT molecular complexity index is 438. The molecule has 0 unspecified atom stereocenters. The zero-order valence-electron chi connectivity index (χ0n) is 9.27. The van der Waals surface area contributed by atoms with Crippen LogP contribution >= 0.6 is 0 Å². The van der Waals surface area contributed by atoms with E-state index >= 15 is 0 Å². The maximum absolute atomic E-state index is 13.3. The lowest BCUT2D eigenvalue weighted by atomic mass is 10.1. The molecule has 0 aliphatic heterocycles. The summed E-state index contributed by atoms with van der Waals surface area (Å²) in [5.41, 5.74) is -1.00. The fourth-order valence-electron chi connectivity index (χ4n) is 0.968. The highest BCUT2D eigenvalue weighted by atomic mass is 19.1. The number of halogens is 2. The van der Waals surface area contributed by atoms with E-state index in [2.05, 4.69) is 16.2 Å². The van der Waals surface area contributed by atoms with Gasteiger partial charge in [0.25, 0.3) is 5.88 Å². The second-order valence-corrected chi connectivity index (χ2v) is 3.61. The molecule has 0 spiro atoms. The maximum atomic E-state index is 13.3. The number of nitrogens with zero attached hydrogens (tertiary/aromatic N) is 1. The third-order valence-electron chi connectivity index (χ3n) is 1.83. The Morgan fingerprint density at radius 3 is 2.56 bits per heavy atom. The summed E-state index contributed by atoms with van der Waals surface area (Å²) < 4.78 is 31.5. The third kappa shape index (κ3) is 2.60. The Morgan fingerprint density at radius 2 is 2.06 bits per heavy atom. The fourth-order valence-corrected chi connectivity index (χ4v) is 0.968. The van der Waals surface area contributed by atoms with E-state index in [9.17, 15) is 8.78 Å². The smallest absolute Gasteiger partial charge is 0.254 e. The molecule has 1 N–H and O–H groups in total. The molecule has 0 amide bonds. The van der Waals surface area contributed by atoms with Gasteiger partial charge < -0.3 is 10.1 Å². The Morgan fingerprint density at radius 1 is 1.44 bits per heavy atom. The molecule has 0 fully saturated rings. The predicted octanol–water partition coefficient (Wildman–Crippen LogP) is 2.19. The second kappa shape index (κ2) is 4.35. The van der Waals surface area contributed by atoms with Gasteiger partial charge in [-0.2, -0.15) is 4.98 Å². The summed E-state index contributed by atoms with van der Waals surface area (Å²) in [6, 6.07) is 0.695. The van der Waals surface area contributed by atoms with Crippen molar-refractivity contribution in [1.82, 2.24) is 4.98 Å². The molecule has 3 nitrogen and oxygen atoms in total. The Labute approximate surface area is 92.8 Å². The minimum absolute atomic E-state index is 0.0933. The third-order valence-corrected chi connectivity index (χ3v) is 1.83. The number of hydrogen-bond acceptors (Lipinski definition) is 3. The van der Waals surface area contributed by atoms with Crippen molar-refractivity contribution in [2.24, 2.45) is 0 Å². The zero-order valence-corrected chi connectivity index (χ0v) is 9.27. The number of rotatable bonds is 3. The highest BCUT2D eigenvalue weighted by Gasteiger charge is 2.21. The molecule has 0 aliphatic carbocycles. The molecule has 0 saturated carbocycles. The first-order valence-electron chi connectivity index (χ1n) is 4.60. The number of terminal acetylenes is 1. The molecule has 0 bridgehead atoms. The van der Waals surface area contributed by atoms with Crippen molar-refractivity contribution < 1.29 is 13.5 Å². The fraction of sp³-hybridized carbons (Fsp3) is 0.364. The van der Waals surface area contributed by atoms with Gasteiger partial charge in [-0.15, -0.1) is 6.42 Å². The Balaban J connectivity index is 3.11. The van der Waals surface area contributed by atoms with E-state index in [0.29, 0.717) is 6.07 Å². The highest BCUT2D eigenvalue weighted by molar-refractivity contribution is 5.39. The average Bonchev–Trinajstić information content (AvgIpc) is 2.22. The van der Waals surface area contributed by atoms with Crippen LogP contribution in [0.5, 0.6) is 5.88 Å². The van der Waals surface area contributed by atoms with Gasteiger partial charge in [0.05, 0.1) is 0 Å². The van der Waals surface area contributed by atoms with Crippen LogP contribution in [0.1, 0.15) is 13.8 Å². The van der Waals surface area contributed by atoms with Crippen LogP contribution < -0.4 is 10.1 Å². The quantitative estimate of drug-likeness (QED) is 0.802. The molecule has 5 heteroatoms. The molecular weight excluding hydrogens is 214 g/mol. The first-order chi connectivity index (χ1) is 7.39. The van der Waals surface area contributed by atoms with E-state index in [1.54, 1.807) is 13.8 Å². The number of aromatic nitrogens is 1. The summed E-state index contributed by atoms with van der Waals surface area (Å²) in [4.78, 5) is 3.64. The summed E-state index contributed by atoms with van der Waals surface area (Å²) in [6.45, 7) is 3.16. The van der Waals surface area contributed by atoms with Crippen molar-refractivity contribution in [3.63, 3.8) is 0 Å². The topological polar surface area (TPSA) is 34.1 Å². The van der Waals surface area contributed by atoms with Crippen molar-refractivity contribution in [3.8, 4) is 18.2 Å². The highest BCUT2D eigenvalue weighted by Crippen LogP contribution is 2.23. The molecule has 0 aliphatic rings. The number of pyridine rings is 1. The molecule has 1 aromatic rings. The van der Waals surface area contributed by atoms with Gasteiger partial charge in [0.2, 0.25) is 0 Å². The van der Waals surface area contributed by atoms with Crippen LogP contribution in [0.4, 0.5) is 14.6 Å². The number of nitrogens with one attached hydrogen (secondary N) is 1. The minimum Gasteiger partial charge on any atom is -0.456 e. The van der Waals surface area contributed by atoms with Gasteiger partial charge in [-0.25, -0.2) is 8.78 Å². The molecule has 0 radical (unpaired) electrons. The molecular formula is C11H12F2N2O. The molecule has 1 rings (SSSR count). The first kappa shape index (κ1) is 12.2. The van der Waals surface area contributed by atoms with Gasteiger partial charge in [-0.3, -0.25) is 0 Å². The zero-order chi connectivity index (χ0) is 12.3. The van der Waals surface area contributed by atoms with E-state index in [4.69, 9.17) is 11.2 Å². The molecule has 0 aromatic carbocycles. The normalized spacial score (nSPS) is 10.8. The molecule has 16 heavy (non-hydrogen) atoms. The summed E-state index contributed by atoms with van der Waals surface area (Å²) in [5, 5.41) is 2.48.